The van der Waals surface area contributed by atoms with Crippen molar-refractivity contribution in [2.24, 2.45) is 5.73 Å². The van der Waals surface area contributed by atoms with Crippen molar-refractivity contribution >= 4 is 5.69 Å². The molecule has 11 heteroatoms. The zero-order valence-electron chi connectivity index (χ0n) is 15.2. The Labute approximate surface area is 159 Å². The lowest BCUT2D eigenvalue weighted by Gasteiger charge is -2.36. The summed E-state index contributed by atoms with van der Waals surface area (Å²) >= 11 is 0. The molecule has 5 nitrogen and oxygen atoms in total. The van der Waals surface area contributed by atoms with Gasteiger partial charge >= 0.3 is 12.4 Å². The Morgan fingerprint density at radius 3 is 2.07 bits per heavy atom. The van der Waals surface area contributed by atoms with Gasteiger partial charge in [-0.1, -0.05) is 0 Å². The largest absolute Gasteiger partial charge is 0.484 e. The average Bonchev–Trinajstić information content (AvgIpc) is 2.62. The first-order valence-electron chi connectivity index (χ1n) is 8.78. The molecule has 2 rings (SSSR count). The average molecular weight is 415 g/mol. The Morgan fingerprint density at radius 1 is 0.893 bits per heavy atom. The summed E-state index contributed by atoms with van der Waals surface area (Å²) in [5.41, 5.74) is 5.88. The van der Waals surface area contributed by atoms with E-state index >= 15 is 0 Å². The molecule has 0 atom stereocenters. The van der Waals surface area contributed by atoms with Crippen molar-refractivity contribution in [1.29, 1.82) is 0 Å². The number of anilines is 1. The molecule has 0 saturated carbocycles. The van der Waals surface area contributed by atoms with Crippen molar-refractivity contribution in [1.82, 2.24) is 4.90 Å². The highest BCUT2D eigenvalue weighted by atomic mass is 19.4. The molecule has 0 radical (unpaired) electrons. The zero-order valence-corrected chi connectivity index (χ0v) is 15.2. The zero-order chi connectivity index (χ0) is 20.8. The molecule has 1 aliphatic rings. The van der Waals surface area contributed by atoms with Gasteiger partial charge in [-0.3, -0.25) is 4.90 Å². The molecule has 160 valence electrons. The van der Waals surface area contributed by atoms with Gasteiger partial charge in [-0.15, -0.1) is 0 Å². The molecular weight excluding hydrogens is 392 g/mol. The van der Waals surface area contributed by atoms with Crippen molar-refractivity contribution in [2.45, 2.75) is 18.8 Å². The second kappa shape index (κ2) is 9.55. The highest BCUT2D eigenvalue weighted by Gasteiger charge is 2.31. The van der Waals surface area contributed by atoms with E-state index in [1.807, 2.05) is 4.90 Å². The fourth-order valence-electron chi connectivity index (χ4n) is 2.81. The number of piperazine rings is 1. The molecule has 0 unspecified atom stereocenters. The van der Waals surface area contributed by atoms with Crippen molar-refractivity contribution in [2.75, 3.05) is 57.4 Å². The van der Waals surface area contributed by atoms with Gasteiger partial charge in [-0.25, -0.2) is 0 Å². The number of hydrogen-bond donors (Lipinski definition) is 1. The topological polar surface area (TPSA) is 51.0 Å². The van der Waals surface area contributed by atoms with Crippen LogP contribution >= 0.6 is 0 Å². The first kappa shape index (κ1) is 22.4. The molecular formula is C17H23F6N3O2. The summed E-state index contributed by atoms with van der Waals surface area (Å²) in [5, 5.41) is 0. The minimum absolute atomic E-state index is 0.160. The van der Waals surface area contributed by atoms with E-state index in [4.69, 9.17) is 10.5 Å². The fraction of sp³-hybridized carbons (Fsp3) is 0.647. The molecule has 2 N–H and O–H groups in total. The van der Waals surface area contributed by atoms with Crippen LogP contribution in [0.25, 0.3) is 0 Å². The number of rotatable bonds is 8. The predicted molar refractivity (Wildman–Crippen MR) is 91.9 cm³/mol. The van der Waals surface area contributed by atoms with Crippen LogP contribution in [-0.2, 0) is 0 Å². The van der Waals surface area contributed by atoms with Crippen LogP contribution in [0.4, 0.5) is 32.0 Å². The first-order chi connectivity index (χ1) is 13.1. The number of halogens is 6. The molecule has 1 fully saturated rings. The maximum absolute atomic E-state index is 12.6. The summed E-state index contributed by atoms with van der Waals surface area (Å²) in [4.78, 5) is 4.04. The van der Waals surface area contributed by atoms with Crippen LogP contribution in [0.5, 0.6) is 11.5 Å². The normalized spacial score (nSPS) is 16.3. The molecule has 0 spiro atoms. The first-order valence-corrected chi connectivity index (χ1v) is 8.78. The fourth-order valence-corrected chi connectivity index (χ4v) is 2.81. The van der Waals surface area contributed by atoms with Gasteiger partial charge in [0.05, 0.1) is 5.69 Å². The van der Waals surface area contributed by atoms with Crippen LogP contribution in [0.2, 0.25) is 0 Å². The third-order valence-electron chi connectivity index (χ3n) is 4.12. The van der Waals surface area contributed by atoms with Gasteiger partial charge in [0.1, 0.15) is 11.5 Å². The van der Waals surface area contributed by atoms with E-state index in [2.05, 4.69) is 9.64 Å². The minimum atomic E-state index is -4.57. The maximum Gasteiger partial charge on any atom is 0.422 e. The monoisotopic (exact) mass is 415 g/mol. The number of ether oxygens (including phenoxy) is 2. The van der Waals surface area contributed by atoms with Crippen molar-refractivity contribution in [3.8, 4) is 11.5 Å². The van der Waals surface area contributed by atoms with Crippen molar-refractivity contribution in [3.05, 3.63) is 18.2 Å². The summed E-state index contributed by atoms with van der Waals surface area (Å²) in [6.07, 6.45) is -8.27. The van der Waals surface area contributed by atoms with Gasteiger partial charge in [0, 0.05) is 32.2 Å². The Hall–Kier alpha value is -1.88. The Balaban J connectivity index is 2.10. The molecule has 0 aromatic heterocycles. The van der Waals surface area contributed by atoms with Gasteiger partial charge in [0.2, 0.25) is 0 Å². The summed E-state index contributed by atoms with van der Waals surface area (Å²) in [6, 6.07) is 3.78. The van der Waals surface area contributed by atoms with Crippen LogP contribution in [-0.4, -0.2) is 69.7 Å². The van der Waals surface area contributed by atoms with Crippen LogP contribution < -0.4 is 20.1 Å². The van der Waals surface area contributed by atoms with Gasteiger partial charge in [0.25, 0.3) is 0 Å². The van der Waals surface area contributed by atoms with E-state index in [1.54, 1.807) is 0 Å². The second-order valence-corrected chi connectivity index (χ2v) is 6.41. The van der Waals surface area contributed by atoms with Crippen molar-refractivity contribution < 1.29 is 35.8 Å². The molecule has 1 aromatic rings. The van der Waals surface area contributed by atoms with Gasteiger partial charge < -0.3 is 20.1 Å². The molecule has 1 saturated heterocycles. The molecule has 1 heterocycles. The van der Waals surface area contributed by atoms with Crippen LogP contribution in [0.15, 0.2) is 18.2 Å². The third-order valence-corrected chi connectivity index (χ3v) is 4.12. The molecule has 1 aliphatic heterocycles. The summed E-state index contributed by atoms with van der Waals surface area (Å²) in [6.45, 7) is 0.840. The highest BCUT2D eigenvalue weighted by molar-refractivity contribution is 5.61. The van der Waals surface area contributed by atoms with Crippen LogP contribution in [0.1, 0.15) is 6.42 Å². The lowest BCUT2D eigenvalue weighted by atomic mass is 10.2. The second-order valence-electron chi connectivity index (χ2n) is 6.41. The number of nitrogens with zero attached hydrogens (tertiary/aromatic N) is 2. The van der Waals surface area contributed by atoms with Gasteiger partial charge in [-0.05, 0) is 31.6 Å². The minimum Gasteiger partial charge on any atom is -0.484 e. The van der Waals surface area contributed by atoms with E-state index in [0.29, 0.717) is 38.4 Å². The molecule has 0 amide bonds. The van der Waals surface area contributed by atoms with Crippen molar-refractivity contribution in [3.63, 3.8) is 0 Å². The smallest absolute Gasteiger partial charge is 0.422 e. The Bertz CT molecular complexity index is 616. The highest BCUT2D eigenvalue weighted by Crippen LogP contribution is 2.35. The van der Waals surface area contributed by atoms with E-state index in [9.17, 15) is 26.3 Å². The summed E-state index contributed by atoms with van der Waals surface area (Å²) < 4.78 is 84.1. The van der Waals surface area contributed by atoms with E-state index in [-0.39, 0.29) is 11.5 Å². The molecule has 0 bridgehead atoms. The Morgan fingerprint density at radius 2 is 1.50 bits per heavy atom. The van der Waals surface area contributed by atoms with Gasteiger partial charge in [0.15, 0.2) is 13.2 Å². The Kier molecular flexibility index (Phi) is 7.64. The van der Waals surface area contributed by atoms with Crippen LogP contribution in [0.3, 0.4) is 0 Å². The molecule has 0 aliphatic carbocycles. The SMILES string of the molecule is NCCCN1CCN(c2ccc(OCC(F)(F)F)cc2OCC(F)(F)F)CC1. The van der Waals surface area contributed by atoms with Gasteiger partial charge in [-0.2, -0.15) is 26.3 Å². The summed E-state index contributed by atoms with van der Waals surface area (Å²) in [5.74, 6) is -0.368. The quantitative estimate of drug-likeness (QED) is 0.662. The number of hydrogen-bond acceptors (Lipinski definition) is 5. The summed E-state index contributed by atoms with van der Waals surface area (Å²) in [7, 11) is 0. The maximum atomic E-state index is 12.6. The van der Waals surface area contributed by atoms with Crippen LogP contribution in [0, 0.1) is 0 Å². The van der Waals surface area contributed by atoms with E-state index in [0.717, 1.165) is 19.0 Å². The third kappa shape index (κ3) is 7.63. The molecule has 1 aromatic carbocycles. The number of alkyl halides is 6. The molecule has 28 heavy (non-hydrogen) atoms. The van der Waals surface area contributed by atoms with E-state index < -0.39 is 25.6 Å². The number of benzene rings is 1. The predicted octanol–water partition coefficient (Wildman–Crippen LogP) is 3.04. The van der Waals surface area contributed by atoms with E-state index in [1.165, 1.54) is 12.1 Å². The standard InChI is InChI=1S/C17H23F6N3O2/c18-16(19,20)11-27-13-2-3-14(15(10-13)28-12-17(21,22)23)26-8-6-25(7-9-26)5-1-4-24/h2-3,10H,1,4-9,11-12,24H2. The number of nitrogens with two attached hydrogens (primary N) is 1. The lowest BCUT2D eigenvalue weighted by Crippen LogP contribution is -2.47. The lowest BCUT2D eigenvalue weighted by molar-refractivity contribution is -0.153.